The van der Waals surface area contributed by atoms with Gasteiger partial charge in [0.05, 0.1) is 6.61 Å². The van der Waals surface area contributed by atoms with E-state index in [0.717, 1.165) is 18.7 Å². The predicted octanol–water partition coefficient (Wildman–Crippen LogP) is 2.70. The molecular weight excluding hydrogens is 226 g/mol. The first kappa shape index (κ1) is 13.4. The third-order valence-electron chi connectivity index (χ3n) is 3.46. The largest absolute Gasteiger partial charge is 0.491 e. The van der Waals surface area contributed by atoms with Crippen LogP contribution in [-0.2, 0) is 11.2 Å². The number of benzene rings is 1. The first-order chi connectivity index (χ1) is 8.86. The molecular formula is C15H23NO2. The Labute approximate surface area is 109 Å². The molecule has 3 nitrogen and oxygen atoms in total. The van der Waals surface area contributed by atoms with E-state index >= 15 is 0 Å². The summed E-state index contributed by atoms with van der Waals surface area (Å²) in [6.45, 7) is 4.44. The molecule has 0 heterocycles. The molecule has 1 unspecified atom stereocenters. The number of rotatable bonds is 6. The summed E-state index contributed by atoms with van der Waals surface area (Å²) >= 11 is 0. The molecule has 1 aromatic rings. The molecule has 1 aliphatic carbocycles. The molecule has 0 bridgehead atoms. The Hall–Kier alpha value is -1.06. The van der Waals surface area contributed by atoms with Gasteiger partial charge >= 0.3 is 0 Å². The summed E-state index contributed by atoms with van der Waals surface area (Å²) in [7, 11) is 1.70. The molecule has 0 radical (unpaired) electrons. The smallest absolute Gasteiger partial charge is 0.122 e. The normalized spacial score (nSPS) is 18.4. The Morgan fingerprint density at radius 2 is 2.22 bits per heavy atom. The first-order valence-electron chi connectivity index (χ1n) is 6.83. The second kappa shape index (κ2) is 6.76. The molecule has 2 rings (SSSR count). The van der Waals surface area contributed by atoms with Crippen LogP contribution in [0.2, 0.25) is 0 Å². The van der Waals surface area contributed by atoms with E-state index in [1.165, 1.54) is 24.0 Å². The zero-order valence-electron chi connectivity index (χ0n) is 11.4. The van der Waals surface area contributed by atoms with Gasteiger partial charge in [-0.1, -0.05) is 19.1 Å². The van der Waals surface area contributed by atoms with Crippen molar-refractivity contribution in [2.24, 2.45) is 0 Å². The van der Waals surface area contributed by atoms with Gasteiger partial charge in [0.25, 0.3) is 0 Å². The number of ether oxygens (including phenoxy) is 2. The summed E-state index contributed by atoms with van der Waals surface area (Å²) in [6.07, 6.45) is 3.58. The van der Waals surface area contributed by atoms with Crippen molar-refractivity contribution in [3.63, 3.8) is 0 Å². The second-order valence-electron chi connectivity index (χ2n) is 4.67. The van der Waals surface area contributed by atoms with Gasteiger partial charge in [0.2, 0.25) is 0 Å². The number of methoxy groups -OCH3 is 1. The molecule has 1 N–H and O–H groups in total. The Balaban J connectivity index is 2.15. The number of fused-ring (bicyclic) bond motifs is 1. The van der Waals surface area contributed by atoms with Crippen LogP contribution in [0, 0.1) is 0 Å². The Morgan fingerprint density at radius 3 is 3.00 bits per heavy atom. The first-order valence-corrected chi connectivity index (χ1v) is 6.83. The van der Waals surface area contributed by atoms with Crippen molar-refractivity contribution < 1.29 is 9.47 Å². The number of nitrogens with one attached hydrogen (secondary N) is 1. The van der Waals surface area contributed by atoms with Gasteiger partial charge in [-0.05, 0) is 43.0 Å². The summed E-state index contributed by atoms with van der Waals surface area (Å²) in [4.78, 5) is 0. The lowest BCUT2D eigenvalue weighted by Crippen LogP contribution is -2.25. The summed E-state index contributed by atoms with van der Waals surface area (Å²) in [5, 5.41) is 3.55. The van der Waals surface area contributed by atoms with E-state index in [9.17, 15) is 0 Å². The van der Waals surface area contributed by atoms with E-state index < -0.39 is 0 Å². The van der Waals surface area contributed by atoms with Gasteiger partial charge in [0.15, 0.2) is 0 Å². The average molecular weight is 249 g/mol. The monoisotopic (exact) mass is 249 g/mol. The minimum atomic E-state index is 0.490. The predicted molar refractivity (Wildman–Crippen MR) is 73.2 cm³/mol. The van der Waals surface area contributed by atoms with E-state index in [0.29, 0.717) is 19.3 Å². The van der Waals surface area contributed by atoms with Crippen LogP contribution in [0.1, 0.15) is 36.9 Å². The maximum absolute atomic E-state index is 5.82. The van der Waals surface area contributed by atoms with E-state index in [4.69, 9.17) is 9.47 Å². The molecule has 100 valence electrons. The third kappa shape index (κ3) is 3.03. The molecule has 0 saturated heterocycles. The average Bonchev–Trinajstić information content (AvgIpc) is 2.40. The fourth-order valence-corrected chi connectivity index (χ4v) is 2.64. The molecule has 0 spiro atoms. The van der Waals surface area contributed by atoms with Crippen molar-refractivity contribution in [1.29, 1.82) is 0 Å². The third-order valence-corrected chi connectivity index (χ3v) is 3.46. The van der Waals surface area contributed by atoms with Gasteiger partial charge in [-0.25, -0.2) is 0 Å². The summed E-state index contributed by atoms with van der Waals surface area (Å²) < 4.78 is 10.8. The van der Waals surface area contributed by atoms with E-state index in [-0.39, 0.29) is 0 Å². The minimum Gasteiger partial charge on any atom is -0.491 e. The highest BCUT2D eigenvalue weighted by Crippen LogP contribution is 2.35. The van der Waals surface area contributed by atoms with Crippen molar-refractivity contribution in [3.05, 3.63) is 29.3 Å². The quantitative estimate of drug-likeness (QED) is 0.786. The molecule has 1 aliphatic rings. The van der Waals surface area contributed by atoms with Crippen LogP contribution in [0.3, 0.4) is 0 Å². The van der Waals surface area contributed by atoms with Gasteiger partial charge in [-0.2, -0.15) is 0 Å². The van der Waals surface area contributed by atoms with Crippen LogP contribution in [-0.4, -0.2) is 26.9 Å². The minimum absolute atomic E-state index is 0.490. The van der Waals surface area contributed by atoms with Crippen LogP contribution in [0.4, 0.5) is 0 Å². The van der Waals surface area contributed by atoms with Gasteiger partial charge in [0, 0.05) is 13.2 Å². The number of hydrogen-bond acceptors (Lipinski definition) is 3. The lowest BCUT2D eigenvalue weighted by molar-refractivity contribution is 0.145. The van der Waals surface area contributed by atoms with Crippen molar-refractivity contribution in [3.8, 4) is 5.75 Å². The fourth-order valence-electron chi connectivity index (χ4n) is 2.64. The summed E-state index contributed by atoms with van der Waals surface area (Å²) in [6, 6.07) is 6.88. The van der Waals surface area contributed by atoms with Crippen LogP contribution >= 0.6 is 0 Å². The van der Waals surface area contributed by atoms with Gasteiger partial charge in [0.1, 0.15) is 12.4 Å². The fraction of sp³-hybridized carbons (Fsp3) is 0.600. The Kier molecular flexibility index (Phi) is 5.02. The lowest BCUT2D eigenvalue weighted by Gasteiger charge is -2.27. The van der Waals surface area contributed by atoms with Gasteiger partial charge in [-0.3, -0.25) is 0 Å². The summed E-state index contributed by atoms with van der Waals surface area (Å²) in [5.74, 6) is 1.03. The van der Waals surface area contributed by atoms with Gasteiger partial charge in [-0.15, -0.1) is 0 Å². The lowest BCUT2D eigenvalue weighted by atomic mass is 9.87. The van der Waals surface area contributed by atoms with Crippen molar-refractivity contribution in [2.75, 3.05) is 26.9 Å². The van der Waals surface area contributed by atoms with Crippen LogP contribution in [0.25, 0.3) is 0 Å². The van der Waals surface area contributed by atoms with Crippen molar-refractivity contribution >= 4 is 0 Å². The molecule has 1 aromatic carbocycles. The van der Waals surface area contributed by atoms with E-state index in [2.05, 4.69) is 30.4 Å². The highest BCUT2D eigenvalue weighted by Gasteiger charge is 2.21. The second-order valence-corrected chi connectivity index (χ2v) is 4.67. The van der Waals surface area contributed by atoms with Crippen LogP contribution in [0.15, 0.2) is 18.2 Å². The molecule has 1 atom stereocenters. The van der Waals surface area contributed by atoms with Crippen molar-refractivity contribution in [2.45, 2.75) is 32.2 Å². The molecule has 0 aromatic heterocycles. The Bertz CT molecular complexity index is 379. The standard InChI is InChI=1S/C15H23NO2/c1-3-16-14-8-4-7-13-12(14)6-5-9-15(13)18-11-10-17-2/h5-6,9,14,16H,3-4,7-8,10-11H2,1-2H3. The molecule has 0 saturated carbocycles. The van der Waals surface area contributed by atoms with Crippen LogP contribution < -0.4 is 10.1 Å². The van der Waals surface area contributed by atoms with Crippen LogP contribution in [0.5, 0.6) is 5.75 Å². The zero-order valence-corrected chi connectivity index (χ0v) is 11.4. The maximum Gasteiger partial charge on any atom is 0.122 e. The maximum atomic E-state index is 5.82. The zero-order chi connectivity index (χ0) is 12.8. The van der Waals surface area contributed by atoms with E-state index in [1.54, 1.807) is 7.11 Å². The highest BCUT2D eigenvalue weighted by molar-refractivity contribution is 5.43. The number of hydrogen-bond donors (Lipinski definition) is 1. The molecule has 0 aliphatic heterocycles. The highest BCUT2D eigenvalue weighted by atomic mass is 16.5. The summed E-state index contributed by atoms with van der Waals surface area (Å²) in [5.41, 5.74) is 2.80. The molecule has 3 heteroatoms. The SMILES string of the molecule is CCNC1CCCc2c(OCCOC)cccc21. The molecule has 0 amide bonds. The topological polar surface area (TPSA) is 30.5 Å². The van der Waals surface area contributed by atoms with E-state index in [1.807, 2.05) is 0 Å². The van der Waals surface area contributed by atoms with Crippen molar-refractivity contribution in [1.82, 2.24) is 5.32 Å². The Morgan fingerprint density at radius 1 is 1.33 bits per heavy atom. The molecule has 0 fully saturated rings. The van der Waals surface area contributed by atoms with Gasteiger partial charge < -0.3 is 14.8 Å². The molecule has 18 heavy (non-hydrogen) atoms.